The Balaban J connectivity index is 1.70. The minimum atomic E-state index is -3.99. The number of hydrogen-bond donors (Lipinski definition) is 3. The highest BCUT2D eigenvalue weighted by Gasteiger charge is 2.31. The molecule has 2 aromatic heterocycles. The topological polar surface area (TPSA) is 166 Å². The molecule has 1 aliphatic heterocycles. The van der Waals surface area contributed by atoms with Gasteiger partial charge >= 0.3 is 0 Å². The first-order chi connectivity index (χ1) is 14.2. The summed E-state index contributed by atoms with van der Waals surface area (Å²) in [7, 11) is -3.99. The number of nitrogens with two attached hydrogens (primary N) is 1. The number of imide groups is 1. The van der Waals surface area contributed by atoms with Crippen molar-refractivity contribution in [3.63, 3.8) is 0 Å². The fourth-order valence-electron chi connectivity index (χ4n) is 2.89. The first-order valence-electron chi connectivity index (χ1n) is 8.21. The number of sulfonamides is 1. The van der Waals surface area contributed by atoms with Crippen LogP contribution in [0, 0.1) is 0 Å². The van der Waals surface area contributed by atoms with Crippen LogP contribution in [0.3, 0.4) is 0 Å². The van der Waals surface area contributed by atoms with E-state index in [1.165, 1.54) is 36.4 Å². The zero-order chi connectivity index (χ0) is 21.6. The van der Waals surface area contributed by atoms with Crippen LogP contribution in [0.5, 0.6) is 0 Å². The summed E-state index contributed by atoms with van der Waals surface area (Å²) in [5.74, 6) is -1.68. The fourth-order valence-corrected chi connectivity index (χ4v) is 3.98. The van der Waals surface area contributed by atoms with Gasteiger partial charge in [-0.2, -0.15) is 0 Å². The van der Waals surface area contributed by atoms with Crippen LogP contribution in [-0.2, 0) is 10.0 Å². The average molecular weight is 447 g/mol. The summed E-state index contributed by atoms with van der Waals surface area (Å²) in [4.78, 5) is 36.0. The van der Waals surface area contributed by atoms with Gasteiger partial charge in [-0.15, -0.1) is 10.2 Å². The van der Waals surface area contributed by atoms with Gasteiger partial charge in [-0.25, -0.2) is 8.42 Å². The number of carbonyl (C=O) groups excluding carboxylic acids is 2. The Hall–Kier alpha value is -3.77. The van der Waals surface area contributed by atoms with Gasteiger partial charge in [-0.1, -0.05) is 11.6 Å². The van der Waals surface area contributed by atoms with Crippen LogP contribution < -0.4 is 21.3 Å². The molecule has 0 bridgehead atoms. The lowest BCUT2D eigenvalue weighted by Gasteiger charge is -2.13. The number of pyridine rings is 1. The normalized spacial score (nSPS) is 13.1. The molecule has 3 heterocycles. The molecule has 0 fully saturated rings. The molecule has 1 aliphatic rings. The van der Waals surface area contributed by atoms with Crippen molar-refractivity contribution in [1.29, 1.82) is 0 Å². The largest absolute Gasteiger partial charge is 0.384 e. The summed E-state index contributed by atoms with van der Waals surface area (Å²) in [6.07, 6.45) is 0. The highest BCUT2D eigenvalue weighted by Crippen LogP contribution is 2.24. The molecule has 0 atom stereocenters. The first kappa shape index (κ1) is 19.5. The molecule has 0 saturated heterocycles. The summed E-state index contributed by atoms with van der Waals surface area (Å²) >= 11 is 5.62. The van der Waals surface area contributed by atoms with Crippen LogP contribution in [0.4, 0.5) is 11.6 Å². The number of amides is 2. The number of carbonyl (C=O) groups is 2. The third-order valence-electron chi connectivity index (χ3n) is 4.23. The van der Waals surface area contributed by atoms with Crippen molar-refractivity contribution in [2.75, 3.05) is 10.5 Å². The van der Waals surface area contributed by atoms with Gasteiger partial charge in [0.2, 0.25) is 0 Å². The second kappa shape index (κ2) is 6.93. The van der Waals surface area contributed by atoms with E-state index in [0.717, 1.165) is 10.6 Å². The molecule has 30 heavy (non-hydrogen) atoms. The Morgan fingerprint density at radius 1 is 1.00 bits per heavy atom. The van der Waals surface area contributed by atoms with Crippen molar-refractivity contribution in [1.82, 2.24) is 20.1 Å². The van der Waals surface area contributed by atoms with E-state index in [4.69, 9.17) is 17.3 Å². The number of halogens is 1. The van der Waals surface area contributed by atoms with E-state index in [9.17, 15) is 22.8 Å². The molecule has 0 spiro atoms. The maximum atomic E-state index is 12.5. The van der Waals surface area contributed by atoms with E-state index < -0.39 is 27.4 Å². The number of aromatic nitrogens is 3. The van der Waals surface area contributed by atoms with E-state index in [0.29, 0.717) is 0 Å². The molecule has 2 amide bonds. The number of hydrogen-bond acceptors (Lipinski definition) is 8. The SMILES string of the molecule is Nc1c2c(cc(=O)n1-c1ccc(S(=O)(=O)Nc3ccc(Cl)nn3)cc1)C(=O)NC2=O. The van der Waals surface area contributed by atoms with Gasteiger partial charge in [0.1, 0.15) is 5.82 Å². The Bertz CT molecular complexity index is 1370. The number of fused-ring (bicyclic) bond motifs is 1. The van der Waals surface area contributed by atoms with E-state index in [-0.39, 0.29) is 38.5 Å². The number of benzene rings is 1. The van der Waals surface area contributed by atoms with Gasteiger partial charge in [0, 0.05) is 6.07 Å². The van der Waals surface area contributed by atoms with E-state index in [1.807, 2.05) is 0 Å². The van der Waals surface area contributed by atoms with Gasteiger partial charge in [-0.3, -0.25) is 29.0 Å². The molecule has 4 rings (SSSR count). The zero-order valence-corrected chi connectivity index (χ0v) is 16.4. The van der Waals surface area contributed by atoms with Crippen molar-refractivity contribution in [3.8, 4) is 5.69 Å². The van der Waals surface area contributed by atoms with Crippen molar-refractivity contribution in [3.05, 3.63) is 69.1 Å². The Morgan fingerprint density at radius 3 is 2.33 bits per heavy atom. The third kappa shape index (κ3) is 3.27. The summed E-state index contributed by atoms with van der Waals surface area (Å²) in [6, 6.07) is 8.87. The molecule has 4 N–H and O–H groups in total. The van der Waals surface area contributed by atoms with Crippen molar-refractivity contribution in [2.45, 2.75) is 4.90 Å². The molecule has 11 nitrogen and oxygen atoms in total. The highest BCUT2D eigenvalue weighted by atomic mass is 35.5. The van der Waals surface area contributed by atoms with Gasteiger partial charge in [0.25, 0.3) is 27.4 Å². The Labute approximate surface area is 173 Å². The lowest BCUT2D eigenvalue weighted by molar-refractivity contribution is 0.0880. The monoisotopic (exact) mass is 446 g/mol. The molecule has 3 aromatic rings. The minimum absolute atomic E-state index is 0.0294. The lowest BCUT2D eigenvalue weighted by atomic mass is 10.1. The molecular formula is C17H11ClN6O5S. The number of rotatable bonds is 4. The third-order valence-corrected chi connectivity index (χ3v) is 5.80. The second-order valence-electron chi connectivity index (χ2n) is 6.12. The van der Waals surface area contributed by atoms with Crippen molar-refractivity contribution < 1.29 is 18.0 Å². The summed E-state index contributed by atoms with van der Waals surface area (Å²) in [6.45, 7) is 0. The van der Waals surface area contributed by atoms with E-state index >= 15 is 0 Å². The van der Waals surface area contributed by atoms with Crippen LogP contribution in [0.15, 0.2) is 52.2 Å². The molecule has 152 valence electrons. The van der Waals surface area contributed by atoms with Crippen LogP contribution in [0.1, 0.15) is 20.7 Å². The van der Waals surface area contributed by atoms with E-state index in [1.54, 1.807) is 0 Å². The van der Waals surface area contributed by atoms with Gasteiger partial charge in [-0.05, 0) is 36.4 Å². The number of anilines is 2. The van der Waals surface area contributed by atoms with Gasteiger partial charge < -0.3 is 5.73 Å². The zero-order valence-electron chi connectivity index (χ0n) is 14.8. The smallest absolute Gasteiger partial charge is 0.263 e. The maximum absolute atomic E-state index is 12.5. The molecule has 0 aliphatic carbocycles. The highest BCUT2D eigenvalue weighted by molar-refractivity contribution is 7.92. The van der Waals surface area contributed by atoms with Crippen molar-refractivity contribution in [2.24, 2.45) is 0 Å². The molecule has 0 radical (unpaired) electrons. The first-order valence-corrected chi connectivity index (χ1v) is 10.1. The Morgan fingerprint density at radius 2 is 1.70 bits per heavy atom. The molecular weight excluding hydrogens is 436 g/mol. The summed E-state index contributed by atoms with van der Waals surface area (Å²) in [5, 5.41) is 9.35. The predicted molar refractivity (Wildman–Crippen MR) is 106 cm³/mol. The predicted octanol–water partition coefficient (Wildman–Crippen LogP) is 0.547. The molecule has 0 saturated carbocycles. The van der Waals surface area contributed by atoms with Crippen LogP contribution >= 0.6 is 11.6 Å². The summed E-state index contributed by atoms with van der Waals surface area (Å²) in [5.41, 5.74) is 5.29. The van der Waals surface area contributed by atoms with Gasteiger partial charge in [0.15, 0.2) is 11.0 Å². The molecule has 1 aromatic carbocycles. The lowest BCUT2D eigenvalue weighted by Crippen LogP contribution is -2.24. The number of nitrogens with one attached hydrogen (secondary N) is 2. The van der Waals surface area contributed by atoms with Crippen molar-refractivity contribution >= 4 is 45.1 Å². The maximum Gasteiger partial charge on any atom is 0.263 e. The van der Waals surface area contributed by atoms with E-state index in [2.05, 4.69) is 20.2 Å². The summed E-state index contributed by atoms with van der Waals surface area (Å²) < 4.78 is 28.3. The van der Waals surface area contributed by atoms with Crippen LogP contribution in [0.2, 0.25) is 5.15 Å². The molecule has 0 unspecified atom stereocenters. The standard InChI is InChI=1S/C17H11ClN6O5S/c18-11-5-6-12(22-21-11)23-30(28,29)9-3-1-8(2-4-9)24-13(25)7-10-14(15(24)19)17(27)20-16(10)26/h1-7H,19H2,(H,22,23)(H,20,26,27). The number of nitrogens with zero attached hydrogens (tertiary/aromatic N) is 3. The fraction of sp³-hybridized carbons (Fsp3) is 0. The molecule has 13 heteroatoms. The van der Waals surface area contributed by atoms with Gasteiger partial charge in [0.05, 0.1) is 21.7 Å². The van der Waals surface area contributed by atoms with Crippen LogP contribution in [-0.4, -0.2) is 35.0 Å². The average Bonchev–Trinajstić information content (AvgIpc) is 2.97. The Kier molecular flexibility index (Phi) is 4.51. The minimum Gasteiger partial charge on any atom is -0.384 e. The quantitative estimate of drug-likeness (QED) is 0.488. The second-order valence-corrected chi connectivity index (χ2v) is 8.19. The number of nitrogen functional groups attached to an aromatic ring is 1. The van der Waals surface area contributed by atoms with Crippen LogP contribution in [0.25, 0.3) is 5.69 Å².